The number of thiophene rings is 1. The van der Waals surface area contributed by atoms with Crippen molar-refractivity contribution in [1.82, 2.24) is 24.3 Å². The number of fused-ring (bicyclic) bond motifs is 1. The number of halogens is 3. The van der Waals surface area contributed by atoms with Gasteiger partial charge in [-0.3, -0.25) is 19.0 Å². The van der Waals surface area contributed by atoms with E-state index in [2.05, 4.69) is 15.2 Å². The van der Waals surface area contributed by atoms with Crippen LogP contribution in [-0.4, -0.2) is 24.3 Å². The number of nitrogens with zero attached hydrogens (tertiary/aromatic N) is 4. The fourth-order valence-corrected chi connectivity index (χ4v) is 6.07. The first-order chi connectivity index (χ1) is 16.0. The molecule has 0 amide bonds. The van der Waals surface area contributed by atoms with Gasteiger partial charge in [0.05, 0.1) is 10.9 Å². The van der Waals surface area contributed by atoms with Crippen LogP contribution in [0, 0.1) is 12.8 Å². The zero-order valence-corrected chi connectivity index (χ0v) is 20.5. The number of alkyl halides is 3. The van der Waals surface area contributed by atoms with Crippen LogP contribution in [0.2, 0.25) is 0 Å². The first-order valence-electron chi connectivity index (χ1n) is 10.4. The van der Waals surface area contributed by atoms with E-state index in [0.29, 0.717) is 43.1 Å². The Morgan fingerprint density at radius 2 is 1.97 bits per heavy atom. The van der Waals surface area contributed by atoms with Crippen molar-refractivity contribution in [3.63, 3.8) is 0 Å². The molecule has 3 heterocycles. The van der Waals surface area contributed by atoms with Crippen LogP contribution in [0.25, 0.3) is 10.2 Å². The highest BCUT2D eigenvalue weighted by atomic mass is 32.2. The number of aryl methyl sites for hydroxylation is 1. The summed E-state index contributed by atoms with van der Waals surface area (Å²) in [5.74, 6) is 0.727. The summed E-state index contributed by atoms with van der Waals surface area (Å²) in [6.07, 6.45) is -4.30. The summed E-state index contributed by atoms with van der Waals surface area (Å²) in [7, 11) is 1.43. The van der Waals surface area contributed by atoms with Crippen molar-refractivity contribution in [2.24, 2.45) is 13.0 Å². The van der Waals surface area contributed by atoms with E-state index in [1.54, 1.807) is 17.6 Å². The lowest BCUT2D eigenvalue weighted by atomic mass is 10.1. The lowest BCUT2D eigenvalue weighted by Crippen LogP contribution is -2.38. The average molecular weight is 510 g/mol. The van der Waals surface area contributed by atoms with Gasteiger partial charge >= 0.3 is 11.9 Å². The minimum absolute atomic E-state index is 0.138. The third-order valence-corrected chi connectivity index (χ3v) is 7.49. The van der Waals surface area contributed by atoms with Crippen molar-refractivity contribution in [3.8, 4) is 0 Å². The van der Waals surface area contributed by atoms with Gasteiger partial charge in [-0.05, 0) is 36.2 Å². The maximum Gasteiger partial charge on any atom is 0.416 e. The third kappa shape index (κ3) is 4.69. The van der Waals surface area contributed by atoms with Crippen LogP contribution in [0.3, 0.4) is 0 Å². The number of H-pyrrole nitrogens is 1. The smallest absolute Gasteiger partial charge is 0.284 e. The van der Waals surface area contributed by atoms with Crippen molar-refractivity contribution in [1.29, 1.82) is 0 Å². The Morgan fingerprint density at radius 3 is 2.59 bits per heavy atom. The number of rotatable bonds is 6. The Bertz CT molecular complexity index is 1480. The number of nitrogens with one attached hydrogen (secondary N) is 1. The second-order valence-electron chi connectivity index (χ2n) is 8.37. The summed E-state index contributed by atoms with van der Waals surface area (Å²) >= 11 is 2.41. The first-order valence-corrected chi connectivity index (χ1v) is 12.1. The predicted octanol–water partition coefficient (Wildman–Crippen LogP) is 4.61. The SMILES string of the molecule is Cc1nc(Sc2c(Cc3cccc(C(F)(F)F)c3)sc3c2c(=O)n(C)c(=O)n3CC(C)C)n[nH]1. The van der Waals surface area contributed by atoms with E-state index in [1.807, 2.05) is 13.8 Å². The molecule has 12 heteroatoms. The highest BCUT2D eigenvalue weighted by molar-refractivity contribution is 7.99. The molecule has 0 atom stereocenters. The summed E-state index contributed by atoms with van der Waals surface area (Å²) in [4.78, 5) is 32.1. The van der Waals surface area contributed by atoms with Crippen molar-refractivity contribution in [2.45, 2.75) is 50.0 Å². The molecule has 0 unspecified atom stereocenters. The number of hydrogen-bond acceptors (Lipinski definition) is 6. The van der Waals surface area contributed by atoms with E-state index in [1.165, 1.54) is 24.5 Å². The van der Waals surface area contributed by atoms with Crippen molar-refractivity contribution < 1.29 is 13.2 Å². The van der Waals surface area contributed by atoms with Crippen LogP contribution in [0.5, 0.6) is 0 Å². The minimum Gasteiger partial charge on any atom is -0.284 e. The molecular formula is C22H22F3N5O2S2. The zero-order chi connectivity index (χ0) is 24.8. The van der Waals surface area contributed by atoms with Gasteiger partial charge in [0.25, 0.3) is 5.56 Å². The standard InChI is InChI=1S/C22H22F3N5O2S2/c1-11(2)10-30-19-16(18(31)29(4)21(30)32)17(34-20-26-12(3)27-28-20)15(33-19)9-13-6-5-7-14(8-13)22(23,24)25/h5-8,11H,9-10H2,1-4H3,(H,26,27,28). The molecule has 0 bridgehead atoms. The molecule has 1 aromatic carbocycles. The molecule has 0 aliphatic rings. The molecule has 3 aromatic heterocycles. The molecule has 0 saturated heterocycles. The van der Waals surface area contributed by atoms with E-state index in [0.717, 1.165) is 28.5 Å². The van der Waals surface area contributed by atoms with Gasteiger partial charge in [-0.1, -0.05) is 32.0 Å². The predicted molar refractivity (Wildman–Crippen MR) is 126 cm³/mol. The maximum absolute atomic E-state index is 13.3. The van der Waals surface area contributed by atoms with Gasteiger partial charge in [0.2, 0.25) is 5.16 Å². The Labute approximate surface area is 200 Å². The lowest BCUT2D eigenvalue weighted by Gasteiger charge is -2.11. The summed E-state index contributed by atoms with van der Waals surface area (Å²) in [6.45, 7) is 6.07. The van der Waals surface area contributed by atoms with E-state index in [9.17, 15) is 22.8 Å². The molecule has 4 aromatic rings. The van der Waals surface area contributed by atoms with Gasteiger partial charge in [0.15, 0.2) is 0 Å². The van der Waals surface area contributed by atoms with E-state index in [4.69, 9.17) is 0 Å². The molecule has 34 heavy (non-hydrogen) atoms. The summed E-state index contributed by atoms with van der Waals surface area (Å²) in [5, 5.41) is 7.62. The van der Waals surface area contributed by atoms with Gasteiger partial charge in [-0.15, -0.1) is 16.4 Å². The Balaban J connectivity index is 1.95. The third-order valence-electron chi connectivity index (χ3n) is 5.13. The van der Waals surface area contributed by atoms with Crippen LogP contribution in [0.4, 0.5) is 13.2 Å². The molecule has 0 spiro atoms. The van der Waals surface area contributed by atoms with E-state index in [-0.39, 0.29) is 12.3 Å². The molecule has 4 rings (SSSR count). The van der Waals surface area contributed by atoms with Crippen LogP contribution in [0.15, 0.2) is 43.9 Å². The normalized spacial score (nSPS) is 12.2. The Hall–Kier alpha value is -2.86. The highest BCUT2D eigenvalue weighted by Gasteiger charge is 2.30. The van der Waals surface area contributed by atoms with Gasteiger partial charge in [0.1, 0.15) is 10.7 Å². The maximum atomic E-state index is 13.3. The van der Waals surface area contributed by atoms with Gasteiger partial charge in [-0.2, -0.15) is 13.2 Å². The highest BCUT2D eigenvalue weighted by Crippen LogP contribution is 2.40. The van der Waals surface area contributed by atoms with Gasteiger partial charge < -0.3 is 0 Å². The number of aromatic nitrogens is 5. The topological polar surface area (TPSA) is 85.6 Å². The molecule has 180 valence electrons. The van der Waals surface area contributed by atoms with Gasteiger partial charge in [-0.25, -0.2) is 9.78 Å². The largest absolute Gasteiger partial charge is 0.416 e. The number of aromatic amines is 1. The molecule has 0 aliphatic carbocycles. The summed E-state index contributed by atoms with van der Waals surface area (Å²) < 4.78 is 42.4. The van der Waals surface area contributed by atoms with E-state index >= 15 is 0 Å². The van der Waals surface area contributed by atoms with Crippen LogP contribution in [-0.2, 0) is 26.2 Å². The molecule has 7 nitrogen and oxygen atoms in total. The van der Waals surface area contributed by atoms with Crippen molar-refractivity contribution in [2.75, 3.05) is 0 Å². The first kappa shape index (κ1) is 24.3. The Morgan fingerprint density at radius 1 is 1.24 bits per heavy atom. The molecule has 1 N–H and O–H groups in total. The minimum atomic E-state index is -4.46. The molecule has 0 fully saturated rings. The second-order valence-corrected chi connectivity index (χ2v) is 10.4. The lowest BCUT2D eigenvalue weighted by molar-refractivity contribution is -0.137. The number of hydrogen-bond donors (Lipinski definition) is 1. The van der Waals surface area contributed by atoms with Gasteiger partial charge in [0, 0.05) is 29.8 Å². The summed E-state index contributed by atoms with van der Waals surface area (Å²) in [5.41, 5.74) is -1.17. The quantitative estimate of drug-likeness (QED) is 0.411. The molecule has 0 aliphatic heterocycles. The molecular weight excluding hydrogens is 487 g/mol. The van der Waals surface area contributed by atoms with Crippen LogP contribution >= 0.6 is 23.1 Å². The Kier molecular flexibility index (Phi) is 6.47. The van der Waals surface area contributed by atoms with Crippen molar-refractivity contribution >= 4 is 33.3 Å². The monoisotopic (exact) mass is 509 g/mol. The van der Waals surface area contributed by atoms with Crippen molar-refractivity contribution in [3.05, 3.63) is 66.9 Å². The van der Waals surface area contributed by atoms with Crippen LogP contribution in [0.1, 0.15) is 35.7 Å². The second kappa shape index (κ2) is 9.06. The fourth-order valence-electron chi connectivity index (χ4n) is 3.60. The zero-order valence-electron chi connectivity index (χ0n) is 18.9. The number of benzene rings is 1. The average Bonchev–Trinajstić information content (AvgIpc) is 3.33. The fraction of sp³-hybridized carbons (Fsp3) is 0.364. The van der Waals surface area contributed by atoms with E-state index < -0.39 is 23.0 Å². The summed E-state index contributed by atoms with van der Waals surface area (Å²) in [6, 6.07) is 5.11. The van der Waals surface area contributed by atoms with Crippen LogP contribution < -0.4 is 11.2 Å². The molecule has 0 radical (unpaired) electrons. The molecule has 0 saturated carbocycles.